The summed E-state index contributed by atoms with van der Waals surface area (Å²) in [5.41, 5.74) is 12.4. The number of rotatable bonds is 8. The van der Waals surface area contributed by atoms with Gasteiger partial charge in [0.05, 0.1) is 6.54 Å². The van der Waals surface area contributed by atoms with E-state index in [1.54, 1.807) is 17.0 Å². The smallest absolute Gasteiger partial charge is 0.320 e. The molecule has 0 saturated carbocycles. The number of primary amides is 1. The Morgan fingerprint density at radius 1 is 1.35 bits per heavy atom. The Kier molecular flexibility index (Phi) is 5.99. The molecule has 0 aliphatic carbocycles. The van der Waals surface area contributed by atoms with E-state index in [0.29, 0.717) is 18.5 Å². The molecule has 110 valence electrons. The molecule has 1 unspecified atom stereocenters. The highest BCUT2D eigenvalue weighted by molar-refractivity contribution is 5.78. The van der Waals surface area contributed by atoms with Crippen LogP contribution < -0.4 is 11.5 Å². The Morgan fingerprint density at radius 3 is 2.50 bits per heavy atom. The van der Waals surface area contributed by atoms with Gasteiger partial charge in [-0.3, -0.25) is 14.5 Å². The maximum atomic E-state index is 11.4. The minimum Gasteiger partial charge on any atom is -0.480 e. The fourth-order valence-corrected chi connectivity index (χ4v) is 2.11. The topological polar surface area (TPSA) is 110 Å². The first kappa shape index (κ1) is 16.0. The van der Waals surface area contributed by atoms with Crippen molar-refractivity contribution < 1.29 is 14.7 Å². The third-order valence-electron chi connectivity index (χ3n) is 3.08. The molecule has 0 spiro atoms. The number of benzene rings is 1. The lowest BCUT2D eigenvalue weighted by atomic mass is 10.1. The van der Waals surface area contributed by atoms with Crippen molar-refractivity contribution in [2.45, 2.75) is 32.4 Å². The molecular formula is C14H21N3O3. The Labute approximate surface area is 118 Å². The highest BCUT2D eigenvalue weighted by Gasteiger charge is 2.26. The summed E-state index contributed by atoms with van der Waals surface area (Å²) in [6.07, 6.45) is 1.16. The van der Waals surface area contributed by atoms with Gasteiger partial charge in [0.25, 0.3) is 0 Å². The number of nitrogens with zero attached hydrogens (tertiary/aromatic N) is 1. The molecule has 0 radical (unpaired) electrons. The summed E-state index contributed by atoms with van der Waals surface area (Å²) >= 11 is 0. The van der Waals surface area contributed by atoms with Crippen molar-refractivity contribution in [2.75, 3.05) is 12.3 Å². The number of aliphatic carboxylic acids is 1. The molecule has 1 amide bonds. The molecule has 0 aliphatic heterocycles. The van der Waals surface area contributed by atoms with Crippen LogP contribution in [0.2, 0.25) is 0 Å². The van der Waals surface area contributed by atoms with Gasteiger partial charge in [0.1, 0.15) is 6.04 Å². The van der Waals surface area contributed by atoms with E-state index in [-0.39, 0.29) is 13.1 Å². The molecule has 6 nitrogen and oxygen atoms in total. The molecule has 1 atom stereocenters. The third-order valence-corrected chi connectivity index (χ3v) is 3.08. The standard InChI is InChI=1S/C14H21N3O3/c1-2-5-12(14(19)20)17(9-13(16)18)8-10-6-3-4-7-11(10)15/h3-4,6-7,12H,2,5,8-9,15H2,1H3,(H2,16,18)(H,19,20). The molecule has 0 aromatic heterocycles. The van der Waals surface area contributed by atoms with Crippen molar-refractivity contribution >= 4 is 17.6 Å². The fraction of sp³-hybridized carbons (Fsp3) is 0.429. The SMILES string of the molecule is CCCC(C(=O)O)N(CC(N)=O)Cc1ccccc1N. The minimum atomic E-state index is -0.956. The first-order valence-electron chi connectivity index (χ1n) is 6.54. The van der Waals surface area contributed by atoms with Crippen LogP contribution in [0.5, 0.6) is 0 Å². The number of carboxylic acid groups (broad SMARTS) is 1. The molecule has 1 rings (SSSR count). The maximum Gasteiger partial charge on any atom is 0.320 e. The summed E-state index contributed by atoms with van der Waals surface area (Å²) in [6.45, 7) is 2.08. The zero-order valence-corrected chi connectivity index (χ0v) is 11.6. The van der Waals surface area contributed by atoms with Gasteiger partial charge in [-0.1, -0.05) is 31.5 Å². The second kappa shape index (κ2) is 7.49. The number of carboxylic acids is 1. The molecular weight excluding hydrogens is 258 g/mol. The van der Waals surface area contributed by atoms with Gasteiger partial charge >= 0.3 is 5.97 Å². The van der Waals surface area contributed by atoms with E-state index in [2.05, 4.69) is 0 Å². The monoisotopic (exact) mass is 279 g/mol. The first-order chi connectivity index (χ1) is 9.45. The Bertz CT molecular complexity index is 476. The average Bonchev–Trinajstić information content (AvgIpc) is 2.37. The lowest BCUT2D eigenvalue weighted by Gasteiger charge is -2.28. The van der Waals surface area contributed by atoms with Crippen LogP contribution >= 0.6 is 0 Å². The number of hydrogen-bond donors (Lipinski definition) is 3. The Balaban J connectivity index is 2.96. The van der Waals surface area contributed by atoms with Crippen LogP contribution in [0.3, 0.4) is 0 Å². The summed E-state index contributed by atoms with van der Waals surface area (Å²) < 4.78 is 0. The van der Waals surface area contributed by atoms with Crippen molar-refractivity contribution in [1.82, 2.24) is 4.90 Å². The Hall–Kier alpha value is -2.08. The van der Waals surface area contributed by atoms with E-state index in [4.69, 9.17) is 11.5 Å². The van der Waals surface area contributed by atoms with Gasteiger partial charge in [0.15, 0.2) is 0 Å². The van der Waals surface area contributed by atoms with Crippen molar-refractivity contribution in [1.29, 1.82) is 0 Å². The van der Waals surface area contributed by atoms with Gasteiger partial charge in [-0.05, 0) is 18.1 Å². The minimum absolute atomic E-state index is 0.106. The quantitative estimate of drug-likeness (QED) is 0.610. The van der Waals surface area contributed by atoms with E-state index in [1.807, 2.05) is 19.1 Å². The molecule has 1 aromatic carbocycles. The van der Waals surface area contributed by atoms with Gasteiger partial charge in [0, 0.05) is 12.2 Å². The molecule has 20 heavy (non-hydrogen) atoms. The van der Waals surface area contributed by atoms with Crippen LogP contribution in [0.4, 0.5) is 5.69 Å². The largest absolute Gasteiger partial charge is 0.480 e. The second-order valence-corrected chi connectivity index (χ2v) is 4.71. The number of carbonyl (C=O) groups excluding carboxylic acids is 1. The average molecular weight is 279 g/mol. The van der Waals surface area contributed by atoms with E-state index in [9.17, 15) is 14.7 Å². The van der Waals surface area contributed by atoms with Crippen molar-refractivity contribution in [3.05, 3.63) is 29.8 Å². The van der Waals surface area contributed by atoms with E-state index < -0.39 is 17.9 Å². The summed E-state index contributed by atoms with van der Waals surface area (Å²) in [5.74, 6) is -1.51. The van der Waals surface area contributed by atoms with Gasteiger partial charge < -0.3 is 16.6 Å². The zero-order chi connectivity index (χ0) is 15.1. The van der Waals surface area contributed by atoms with Crippen LogP contribution in [0.25, 0.3) is 0 Å². The van der Waals surface area contributed by atoms with Gasteiger partial charge in [0.2, 0.25) is 5.91 Å². The number of amides is 1. The highest BCUT2D eigenvalue weighted by atomic mass is 16.4. The lowest BCUT2D eigenvalue weighted by molar-refractivity contribution is -0.144. The normalized spacial score (nSPS) is 12.3. The van der Waals surface area contributed by atoms with E-state index >= 15 is 0 Å². The number of carbonyl (C=O) groups is 2. The van der Waals surface area contributed by atoms with E-state index in [0.717, 1.165) is 5.56 Å². The number of nitrogens with two attached hydrogens (primary N) is 2. The van der Waals surface area contributed by atoms with Crippen LogP contribution in [0, 0.1) is 0 Å². The van der Waals surface area contributed by atoms with Crippen molar-refractivity contribution in [3.8, 4) is 0 Å². The summed E-state index contributed by atoms with van der Waals surface area (Å²) in [7, 11) is 0. The number of nitrogen functional groups attached to an aromatic ring is 1. The number of anilines is 1. The third kappa shape index (κ3) is 4.55. The summed E-state index contributed by atoms with van der Waals surface area (Å²) in [4.78, 5) is 24.1. The first-order valence-corrected chi connectivity index (χ1v) is 6.54. The van der Waals surface area contributed by atoms with Gasteiger partial charge in [-0.25, -0.2) is 0 Å². The highest BCUT2D eigenvalue weighted by Crippen LogP contribution is 2.17. The second-order valence-electron chi connectivity index (χ2n) is 4.71. The maximum absolute atomic E-state index is 11.4. The molecule has 0 fully saturated rings. The van der Waals surface area contributed by atoms with Gasteiger partial charge in [-0.2, -0.15) is 0 Å². The summed E-state index contributed by atoms with van der Waals surface area (Å²) in [5, 5.41) is 9.31. The predicted octanol–water partition coefficient (Wildman–Crippen LogP) is 0.809. The fourth-order valence-electron chi connectivity index (χ4n) is 2.11. The Morgan fingerprint density at radius 2 is 2.00 bits per heavy atom. The van der Waals surface area contributed by atoms with Crippen LogP contribution in [0.1, 0.15) is 25.3 Å². The van der Waals surface area contributed by atoms with Crippen LogP contribution in [-0.4, -0.2) is 34.5 Å². The molecule has 1 aromatic rings. The molecule has 0 aliphatic rings. The number of hydrogen-bond acceptors (Lipinski definition) is 4. The van der Waals surface area contributed by atoms with Crippen LogP contribution in [0.15, 0.2) is 24.3 Å². The number of para-hydroxylation sites is 1. The van der Waals surface area contributed by atoms with Crippen LogP contribution in [-0.2, 0) is 16.1 Å². The predicted molar refractivity (Wildman–Crippen MR) is 76.8 cm³/mol. The summed E-state index contributed by atoms with van der Waals surface area (Å²) in [6, 6.07) is 6.44. The molecule has 0 heterocycles. The zero-order valence-electron chi connectivity index (χ0n) is 11.6. The molecule has 0 saturated heterocycles. The van der Waals surface area contributed by atoms with E-state index in [1.165, 1.54) is 0 Å². The molecule has 5 N–H and O–H groups in total. The van der Waals surface area contributed by atoms with Crippen molar-refractivity contribution in [2.24, 2.45) is 5.73 Å². The molecule has 6 heteroatoms. The van der Waals surface area contributed by atoms with Crippen molar-refractivity contribution in [3.63, 3.8) is 0 Å². The van der Waals surface area contributed by atoms with Gasteiger partial charge in [-0.15, -0.1) is 0 Å². The molecule has 0 bridgehead atoms. The lowest BCUT2D eigenvalue weighted by Crippen LogP contribution is -2.45.